The lowest BCUT2D eigenvalue weighted by Gasteiger charge is -2.08. The van der Waals surface area contributed by atoms with E-state index in [9.17, 15) is 4.39 Å². The van der Waals surface area contributed by atoms with E-state index in [1.807, 2.05) is 36.0 Å². The normalized spacial score (nSPS) is 11.2. The maximum Gasteiger partial charge on any atom is 0.136 e. The number of nitrogens with zero attached hydrogens (tertiary/aromatic N) is 3. The Morgan fingerprint density at radius 2 is 1.95 bits per heavy atom. The van der Waals surface area contributed by atoms with Gasteiger partial charge in [-0.15, -0.1) is 0 Å². The van der Waals surface area contributed by atoms with Crippen LogP contribution in [0, 0.1) is 12.7 Å². The van der Waals surface area contributed by atoms with Crippen LogP contribution < -0.4 is 0 Å². The highest BCUT2D eigenvalue weighted by Crippen LogP contribution is 2.32. The molecule has 0 unspecified atom stereocenters. The molecule has 0 saturated heterocycles. The quantitative estimate of drug-likeness (QED) is 0.610. The first kappa shape index (κ1) is 12.8. The SMILES string of the molecule is Cc1cc2nccn2cc1-c1c[nH]nc1-c1ccc(F)cc1. The smallest absolute Gasteiger partial charge is 0.136 e. The molecule has 1 N–H and O–H groups in total. The molecule has 3 aromatic heterocycles. The van der Waals surface area contributed by atoms with E-state index in [0.29, 0.717) is 0 Å². The van der Waals surface area contributed by atoms with Crippen molar-refractivity contribution in [1.29, 1.82) is 0 Å². The van der Waals surface area contributed by atoms with Gasteiger partial charge in [-0.05, 0) is 42.8 Å². The lowest BCUT2D eigenvalue weighted by molar-refractivity contribution is 0.628. The first-order chi connectivity index (χ1) is 10.7. The van der Waals surface area contributed by atoms with Gasteiger partial charge in [0, 0.05) is 41.5 Å². The van der Waals surface area contributed by atoms with Crippen LogP contribution >= 0.6 is 0 Å². The van der Waals surface area contributed by atoms with Crippen LogP contribution in [0.3, 0.4) is 0 Å². The van der Waals surface area contributed by atoms with Gasteiger partial charge < -0.3 is 4.40 Å². The van der Waals surface area contributed by atoms with Crippen molar-refractivity contribution in [2.75, 3.05) is 0 Å². The summed E-state index contributed by atoms with van der Waals surface area (Å²) in [7, 11) is 0. The van der Waals surface area contributed by atoms with Crippen molar-refractivity contribution in [3.05, 3.63) is 66.5 Å². The molecule has 0 aliphatic heterocycles. The summed E-state index contributed by atoms with van der Waals surface area (Å²) in [5.74, 6) is -0.253. The van der Waals surface area contributed by atoms with Gasteiger partial charge in [0.25, 0.3) is 0 Å². The maximum absolute atomic E-state index is 13.1. The second kappa shape index (κ2) is 4.80. The lowest BCUT2D eigenvalue weighted by atomic mass is 10.00. The molecule has 0 amide bonds. The lowest BCUT2D eigenvalue weighted by Crippen LogP contribution is -1.91. The molecule has 0 bridgehead atoms. The number of hydrogen-bond donors (Lipinski definition) is 1. The highest BCUT2D eigenvalue weighted by molar-refractivity contribution is 5.82. The van der Waals surface area contributed by atoms with Gasteiger partial charge in [-0.3, -0.25) is 5.10 Å². The molecule has 0 atom stereocenters. The second-order valence-corrected chi connectivity index (χ2v) is 5.22. The standard InChI is InChI=1S/C17H13FN4/c1-11-8-16-19-6-7-22(16)10-15(11)14-9-20-21-17(14)12-2-4-13(18)5-3-12/h2-10H,1H3,(H,20,21). The Kier molecular flexibility index (Phi) is 2.79. The summed E-state index contributed by atoms with van der Waals surface area (Å²) in [6, 6.07) is 8.40. The van der Waals surface area contributed by atoms with E-state index in [4.69, 9.17) is 0 Å². The summed E-state index contributed by atoms with van der Waals surface area (Å²) in [4.78, 5) is 4.29. The summed E-state index contributed by atoms with van der Waals surface area (Å²) < 4.78 is 15.1. The third kappa shape index (κ3) is 1.98. The first-order valence-electron chi connectivity index (χ1n) is 6.96. The molecule has 1 aromatic carbocycles. The van der Waals surface area contributed by atoms with Gasteiger partial charge in [0.05, 0.1) is 5.69 Å². The zero-order valence-corrected chi connectivity index (χ0v) is 11.9. The number of hydrogen-bond acceptors (Lipinski definition) is 2. The summed E-state index contributed by atoms with van der Waals surface area (Å²) >= 11 is 0. The number of halogens is 1. The maximum atomic E-state index is 13.1. The van der Waals surface area contributed by atoms with Gasteiger partial charge in [-0.1, -0.05) is 0 Å². The zero-order chi connectivity index (χ0) is 15.1. The van der Waals surface area contributed by atoms with Gasteiger partial charge in [0.15, 0.2) is 0 Å². The fraction of sp³-hybridized carbons (Fsp3) is 0.0588. The van der Waals surface area contributed by atoms with Crippen molar-refractivity contribution in [3.63, 3.8) is 0 Å². The topological polar surface area (TPSA) is 46.0 Å². The molecule has 108 valence electrons. The van der Waals surface area contributed by atoms with Crippen molar-refractivity contribution in [2.45, 2.75) is 6.92 Å². The number of aryl methyl sites for hydroxylation is 1. The van der Waals surface area contributed by atoms with Crippen LogP contribution in [0.1, 0.15) is 5.56 Å². The summed E-state index contributed by atoms with van der Waals surface area (Å²) in [6.07, 6.45) is 7.59. The van der Waals surface area contributed by atoms with Gasteiger partial charge in [-0.2, -0.15) is 5.10 Å². The fourth-order valence-corrected chi connectivity index (χ4v) is 2.66. The number of rotatable bonds is 2. The number of aromatic amines is 1. The molecule has 4 rings (SSSR count). The van der Waals surface area contributed by atoms with Crippen LogP contribution in [0.15, 0.2) is 55.1 Å². The van der Waals surface area contributed by atoms with Crippen molar-refractivity contribution < 1.29 is 4.39 Å². The zero-order valence-electron chi connectivity index (χ0n) is 11.9. The average molecular weight is 292 g/mol. The van der Waals surface area contributed by atoms with Crippen molar-refractivity contribution in [1.82, 2.24) is 19.6 Å². The number of aromatic nitrogens is 4. The number of pyridine rings is 1. The number of fused-ring (bicyclic) bond motifs is 1. The molecular formula is C17H13FN4. The number of imidazole rings is 1. The Balaban J connectivity index is 1.90. The molecular weight excluding hydrogens is 279 g/mol. The van der Waals surface area contributed by atoms with E-state index in [0.717, 1.165) is 33.6 Å². The van der Waals surface area contributed by atoms with E-state index in [1.54, 1.807) is 18.3 Å². The summed E-state index contributed by atoms with van der Waals surface area (Å²) in [6.45, 7) is 2.05. The van der Waals surface area contributed by atoms with Crippen LogP contribution in [0.5, 0.6) is 0 Å². The second-order valence-electron chi connectivity index (χ2n) is 5.22. The van der Waals surface area contributed by atoms with Crippen molar-refractivity contribution in [3.8, 4) is 22.4 Å². The first-order valence-corrected chi connectivity index (χ1v) is 6.96. The molecule has 0 spiro atoms. The molecule has 4 aromatic rings. The van der Waals surface area contributed by atoms with E-state index >= 15 is 0 Å². The molecule has 4 nitrogen and oxygen atoms in total. The average Bonchev–Trinajstić information content (AvgIpc) is 3.15. The van der Waals surface area contributed by atoms with Gasteiger partial charge in [0.2, 0.25) is 0 Å². The molecule has 0 aliphatic rings. The Bertz CT molecular complexity index is 950. The predicted molar refractivity (Wildman–Crippen MR) is 82.9 cm³/mol. The highest BCUT2D eigenvalue weighted by atomic mass is 19.1. The van der Waals surface area contributed by atoms with Crippen LogP contribution in [0.2, 0.25) is 0 Å². The minimum Gasteiger partial charge on any atom is -0.306 e. The molecule has 0 saturated carbocycles. The van der Waals surface area contributed by atoms with Crippen LogP contribution in [0.25, 0.3) is 28.0 Å². The van der Waals surface area contributed by atoms with Crippen molar-refractivity contribution in [2.24, 2.45) is 0 Å². The van der Waals surface area contributed by atoms with Crippen LogP contribution in [0.4, 0.5) is 4.39 Å². The molecule has 5 heteroatoms. The summed E-state index contributed by atoms with van der Waals surface area (Å²) in [5.41, 5.74) is 5.76. The van der Waals surface area contributed by atoms with Crippen LogP contribution in [-0.2, 0) is 0 Å². The van der Waals surface area contributed by atoms with E-state index in [-0.39, 0.29) is 5.82 Å². The molecule has 0 radical (unpaired) electrons. The van der Waals surface area contributed by atoms with E-state index in [1.165, 1.54) is 12.1 Å². The minimum absolute atomic E-state index is 0.253. The molecule has 3 heterocycles. The Morgan fingerprint density at radius 3 is 2.77 bits per heavy atom. The minimum atomic E-state index is -0.253. The molecule has 22 heavy (non-hydrogen) atoms. The van der Waals surface area contributed by atoms with E-state index < -0.39 is 0 Å². The van der Waals surface area contributed by atoms with Gasteiger partial charge in [-0.25, -0.2) is 9.37 Å². The monoisotopic (exact) mass is 292 g/mol. The number of nitrogens with one attached hydrogen (secondary N) is 1. The Labute approximate surface area is 126 Å². The predicted octanol–water partition coefficient (Wildman–Crippen LogP) is 3.84. The van der Waals surface area contributed by atoms with Crippen molar-refractivity contribution >= 4 is 5.65 Å². The number of benzene rings is 1. The van der Waals surface area contributed by atoms with Gasteiger partial charge >= 0.3 is 0 Å². The molecule has 0 fully saturated rings. The Hall–Kier alpha value is -2.95. The third-order valence-electron chi connectivity index (χ3n) is 3.79. The number of H-pyrrole nitrogens is 1. The highest BCUT2D eigenvalue weighted by Gasteiger charge is 2.13. The summed E-state index contributed by atoms with van der Waals surface area (Å²) in [5, 5.41) is 7.24. The van der Waals surface area contributed by atoms with Gasteiger partial charge in [0.1, 0.15) is 11.5 Å². The molecule has 0 aliphatic carbocycles. The Morgan fingerprint density at radius 1 is 1.14 bits per heavy atom. The largest absolute Gasteiger partial charge is 0.306 e. The van der Waals surface area contributed by atoms with E-state index in [2.05, 4.69) is 15.2 Å². The third-order valence-corrected chi connectivity index (χ3v) is 3.79. The van der Waals surface area contributed by atoms with Crippen LogP contribution in [-0.4, -0.2) is 19.6 Å². The fourth-order valence-electron chi connectivity index (χ4n) is 2.66.